The number of primary sulfonamides is 3. The molecule has 0 bridgehead atoms. The van der Waals surface area contributed by atoms with Crippen LogP contribution >= 0.6 is 93.0 Å². The summed E-state index contributed by atoms with van der Waals surface area (Å²) in [5.41, 5.74) is 7.46. The van der Waals surface area contributed by atoms with Gasteiger partial charge in [-0.15, -0.1) is 0 Å². The largest absolute Gasteiger partial charge is 1.00 e. The number of alkyl halides is 2. The number of aliphatic hydroxyl groups excluding tert-OH is 1. The molecule has 0 heterocycles. The summed E-state index contributed by atoms with van der Waals surface area (Å²) in [6.07, 6.45) is 1.25. The molecule has 11 N–H and O–H groups in total. The molecule has 38 heteroatoms. The molecule has 0 radical (unpaired) electrons. The van der Waals surface area contributed by atoms with E-state index in [1.54, 1.807) is 48.5 Å². The summed E-state index contributed by atoms with van der Waals surface area (Å²) in [6, 6.07) is 39.0. The minimum atomic E-state index is -4.03. The second-order valence-electron chi connectivity index (χ2n) is 17.5. The number of carbonyl (C=O) groups is 4. The molecule has 0 unspecified atom stereocenters. The van der Waals surface area contributed by atoms with Crippen LogP contribution in [0.3, 0.4) is 0 Å². The average molecular weight is 1770 g/mol. The first-order valence-corrected chi connectivity index (χ1v) is 43.8. The summed E-state index contributed by atoms with van der Waals surface area (Å²) < 4.78 is 133. The van der Waals surface area contributed by atoms with Crippen LogP contribution in [-0.4, -0.2) is 121 Å². The van der Waals surface area contributed by atoms with Crippen molar-refractivity contribution in [1.29, 1.82) is 0 Å². The molecule has 6 rings (SSSR count). The minimum absolute atomic E-state index is 0. The SMILES string of the molecule is BrP(Br)Br.CCC.COC(=O)c1ccc(CBr)cc1.COC(=O)c1ccc(CS(=O)(=O)Cl)cc1.COC(=O)c1ccc(CS(=O)(=O)O)cc1.COC(=O)c1ccc(CS(N)(=O)=O)cc1.N.NS(=O)(=O)Cc1ccc(CBr)cc1.NS(=O)(=O)Cc1ccc(CO)cc1.[AlH3].[H-].[Li+]. The van der Waals surface area contributed by atoms with Crippen molar-refractivity contribution >= 4 is 184 Å². The Morgan fingerprint density at radius 2 is 0.602 bits per heavy atom. The van der Waals surface area contributed by atoms with Gasteiger partial charge in [-0.1, -0.05) is 149 Å². The molecule has 0 saturated carbocycles. The Labute approximate surface area is 615 Å². The summed E-state index contributed by atoms with van der Waals surface area (Å²) in [7, 11) is -7.72. The fourth-order valence-electron chi connectivity index (χ4n) is 5.98. The molecule has 0 aliphatic rings. The maximum Gasteiger partial charge on any atom is 1.00 e. The van der Waals surface area contributed by atoms with E-state index in [4.69, 9.17) is 35.8 Å². The molecule has 6 aromatic rings. The number of nitrogens with two attached hydrogens (primary N) is 3. The number of benzene rings is 6. The van der Waals surface area contributed by atoms with Gasteiger partial charge in [0.1, 0.15) is 9.78 Å². The van der Waals surface area contributed by atoms with E-state index in [0.29, 0.717) is 50.1 Å². The number of methoxy groups -OCH3 is 4. The third kappa shape index (κ3) is 53.7. The van der Waals surface area contributed by atoms with Gasteiger partial charge < -0.3 is 31.6 Å². The van der Waals surface area contributed by atoms with Crippen LogP contribution in [0.15, 0.2) is 146 Å². The van der Waals surface area contributed by atoms with E-state index in [9.17, 15) is 61.3 Å². The van der Waals surface area contributed by atoms with E-state index in [0.717, 1.165) is 27.4 Å². The van der Waals surface area contributed by atoms with Gasteiger partial charge in [0.15, 0.2) is 17.4 Å². The average Bonchev–Trinajstić information content (AvgIpc) is 0.992. The molecule has 0 aliphatic heterocycles. The summed E-state index contributed by atoms with van der Waals surface area (Å²) >= 11 is 16.1. The van der Waals surface area contributed by atoms with E-state index in [1.165, 1.54) is 108 Å². The summed E-state index contributed by atoms with van der Waals surface area (Å²) in [5.74, 6) is -2.94. The molecule has 0 amide bonds. The standard InChI is InChI=1S/C9H9BrO2.C9H9ClO4S.C9H11NO4S.C9H10O5S.C8H10BrNO2S.C8H11NO3S.C3H8.Al.Br3P.Li.H3N.4H/c1-12-9(11)8-4-2-7(6-10)3-5-8;2*1-14-9(11)8-4-2-7(3-5-8)6-15(10,12)13;1-14-9(10)8-4-2-7(3-5-8)6-15(11,12)13;9-5-7-1-3-8(4-2-7)6-13(10,11)12;9-13(11,12)6-8-3-1-7(5-10)2-4-8;1-3-2;;1-4(2)3;;;;;;/h2-5H,6H2,1H3;2-5H,6H2,1H3;2-5H,6H2,1H3,(H2,10,12,13);2-5H,6H2,1H3,(H,11,12,13);1-4H,5-6H2,(H2,10,11,12);1-4,10H,5-6H2,(H2,9,11,12);3H2,1-2H3;;;;1H3;;;;/q;;;;;;;;;+1;;;;;-1. The van der Waals surface area contributed by atoms with Gasteiger partial charge in [-0.25, -0.2) is 68.3 Å². The number of aliphatic hydroxyl groups is 1. The first-order valence-electron chi connectivity index (χ1n) is 24.9. The summed E-state index contributed by atoms with van der Waals surface area (Å²) in [6.45, 7) is 4.20. The number of halogens is 6. The Morgan fingerprint density at radius 3 is 0.774 bits per heavy atom. The zero-order chi connectivity index (χ0) is 69.5. The Balaban J connectivity index is -0.000000240. The molecule has 516 valence electrons. The summed E-state index contributed by atoms with van der Waals surface area (Å²) in [4.78, 5) is 44.1. The van der Waals surface area contributed by atoms with Gasteiger partial charge in [0.25, 0.3) is 10.1 Å². The molecule has 0 atom stereocenters. The second kappa shape index (κ2) is 52.1. The number of rotatable bonds is 17. The second-order valence-corrected chi connectivity index (χ2v) is 43.1. The number of hydrogen-bond acceptors (Lipinski definition) is 20. The Bertz CT molecular complexity index is 3440. The van der Waals surface area contributed by atoms with E-state index >= 15 is 0 Å². The Hall–Kier alpha value is -3.04. The first kappa shape index (κ1) is 98.6. The van der Waals surface area contributed by atoms with Crippen LogP contribution in [0.2, 0.25) is 0 Å². The van der Waals surface area contributed by atoms with Gasteiger partial charge >= 0.3 is 42.7 Å². The third-order valence-electron chi connectivity index (χ3n) is 9.83. The van der Waals surface area contributed by atoms with Gasteiger partial charge in [0, 0.05) is 21.3 Å². The number of esters is 4. The smallest absolute Gasteiger partial charge is 1.00 e. The minimum Gasteiger partial charge on any atom is -1.00 e. The third-order valence-corrected chi connectivity index (χ3v) is 15.0. The molecule has 24 nitrogen and oxygen atoms in total. The molecule has 0 spiro atoms. The van der Waals surface area contributed by atoms with Gasteiger partial charge in [-0.3, -0.25) is 4.55 Å². The Kier molecular flexibility index (Phi) is 55.2. The fourth-order valence-corrected chi connectivity index (χ4v) is 10.3. The van der Waals surface area contributed by atoms with Crippen LogP contribution in [-0.2, 0) is 114 Å². The van der Waals surface area contributed by atoms with Crippen molar-refractivity contribution in [3.8, 4) is 0 Å². The van der Waals surface area contributed by atoms with Crippen LogP contribution in [0.1, 0.15) is 108 Å². The predicted octanol–water partition coefficient (Wildman–Crippen LogP) is 7.28. The molecule has 0 saturated heterocycles. The Morgan fingerprint density at radius 1 is 0.430 bits per heavy atom. The number of sulfonamides is 3. The van der Waals surface area contributed by atoms with Gasteiger partial charge in [0.2, 0.25) is 39.1 Å². The van der Waals surface area contributed by atoms with E-state index in [-0.39, 0.29) is 83.4 Å². The van der Waals surface area contributed by atoms with E-state index in [2.05, 4.69) is 111 Å². The maximum atomic E-state index is 11.0. The molecule has 93 heavy (non-hydrogen) atoms. The van der Waals surface area contributed by atoms with Crippen molar-refractivity contribution in [1.82, 2.24) is 6.15 Å². The van der Waals surface area contributed by atoms with Gasteiger partial charge in [-0.05, 0) is 140 Å². The van der Waals surface area contributed by atoms with Crippen LogP contribution in [0.25, 0.3) is 0 Å². The molecule has 0 aliphatic carbocycles. The zero-order valence-corrected chi connectivity index (χ0v) is 64.3. The van der Waals surface area contributed by atoms with Gasteiger partial charge in [-0.2, -0.15) is 8.42 Å². The van der Waals surface area contributed by atoms with Crippen LogP contribution in [0.4, 0.5) is 0 Å². The topological polar surface area (TPSA) is 429 Å². The zero-order valence-electron chi connectivity index (χ0n) is 51.7. The van der Waals surface area contributed by atoms with Crippen molar-refractivity contribution < 1.29 is 110 Å². The van der Waals surface area contributed by atoms with Crippen LogP contribution < -0.4 is 40.4 Å². The monoisotopic (exact) mass is 1770 g/mol. The molecular formula is C55H75AlBr5ClLiN4O20PS5. The first-order chi connectivity index (χ1) is 41.7. The fraction of sp³-hybridized carbons (Fsp3) is 0.273. The summed E-state index contributed by atoms with van der Waals surface area (Å²) in [5, 5.41) is 24.9. The maximum absolute atomic E-state index is 11.0. The molecule has 0 aromatic heterocycles. The molecule has 0 fully saturated rings. The van der Waals surface area contributed by atoms with Crippen molar-refractivity contribution in [2.75, 3.05) is 28.4 Å². The van der Waals surface area contributed by atoms with Crippen LogP contribution in [0, 0.1) is 0 Å². The predicted molar refractivity (Wildman–Crippen MR) is 385 cm³/mol. The number of ether oxygens (including phenoxy) is 4. The molecular weight excluding hydrogens is 1700 g/mol. The number of hydrogen-bond donors (Lipinski definition) is 6. The van der Waals surface area contributed by atoms with Gasteiger partial charge in [0.05, 0.1) is 80.3 Å². The van der Waals surface area contributed by atoms with Crippen molar-refractivity contribution in [3.05, 3.63) is 212 Å². The molecule has 6 aromatic carbocycles. The quantitative estimate of drug-likeness (QED) is 0.00993. The van der Waals surface area contributed by atoms with Crippen molar-refractivity contribution in [3.63, 3.8) is 0 Å². The van der Waals surface area contributed by atoms with Crippen molar-refractivity contribution in [2.24, 2.45) is 15.4 Å². The number of carbonyl (C=O) groups excluding carboxylic acids is 4. The van der Waals surface area contributed by atoms with E-state index < -0.39 is 72.9 Å². The van der Waals surface area contributed by atoms with Crippen LogP contribution in [0.5, 0.6) is 0 Å². The van der Waals surface area contributed by atoms with E-state index in [1.807, 2.05) is 24.3 Å². The normalized spacial score (nSPS) is 10.4. The van der Waals surface area contributed by atoms with Crippen molar-refractivity contribution in [2.45, 2.75) is 66.3 Å².